The second-order valence-electron chi connectivity index (χ2n) is 6.26. The van der Waals surface area contributed by atoms with Crippen LogP contribution in [0.15, 0.2) is 64.8 Å². The number of ether oxygens (including phenoxy) is 1. The molecule has 2 aromatic heterocycles. The molecule has 3 aromatic rings. The monoisotopic (exact) mass is 385 g/mol. The summed E-state index contributed by atoms with van der Waals surface area (Å²) >= 11 is 1.43. The van der Waals surface area contributed by atoms with Gasteiger partial charge in [0.05, 0.1) is 25.7 Å². The molecule has 0 saturated carbocycles. The van der Waals surface area contributed by atoms with E-state index in [-0.39, 0.29) is 12.5 Å². The predicted molar refractivity (Wildman–Crippen MR) is 105 cm³/mol. The number of hydrogen-bond donors (Lipinski definition) is 2. The quantitative estimate of drug-likeness (QED) is 0.542. The fourth-order valence-electron chi connectivity index (χ4n) is 2.69. The van der Waals surface area contributed by atoms with Crippen molar-refractivity contribution < 1.29 is 19.1 Å². The van der Waals surface area contributed by atoms with Crippen molar-refractivity contribution in [2.45, 2.75) is 25.4 Å². The molecule has 27 heavy (non-hydrogen) atoms. The van der Waals surface area contributed by atoms with Gasteiger partial charge in [0.1, 0.15) is 11.4 Å². The van der Waals surface area contributed by atoms with Crippen molar-refractivity contribution in [3.63, 3.8) is 0 Å². The van der Waals surface area contributed by atoms with Crippen molar-refractivity contribution in [2.75, 3.05) is 13.2 Å². The van der Waals surface area contributed by atoms with Gasteiger partial charge in [-0.1, -0.05) is 19.4 Å². The van der Waals surface area contributed by atoms with Crippen LogP contribution < -0.4 is 10.1 Å². The minimum absolute atomic E-state index is 0.0423. The zero-order valence-electron chi connectivity index (χ0n) is 15.2. The molecule has 0 aliphatic heterocycles. The van der Waals surface area contributed by atoms with Gasteiger partial charge >= 0.3 is 0 Å². The number of benzene rings is 1. The number of thiophene rings is 1. The number of aliphatic hydroxyl groups is 1. The molecule has 0 saturated heterocycles. The minimum atomic E-state index is -1.33. The molecule has 0 fully saturated rings. The lowest BCUT2D eigenvalue weighted by atomic mass is 9.94. The van der Waals surface area contributed by atoms with E-state index in [0.717, 1.165) is 23.5 Å². The van der Waals surface area contributed by atoms with Gasteiger partial charge in [-0.25, -0.2) is 0 Å². The standard InChI is InChI=1S/C21H23NO4S/c1-2-3-11-26-18-8-6-16(7-9-18)20(23)22-15-21(24,17-10-12-25-14-17)19-5-4-13-27-19/h4-10,12-14,24H,2-3,11,15H2,1H3,(H,22,23). The molecule has 0 aliphatic carbocycles. The van der Waals surface area contributed by atoms with E-state index in [0.29, 0.717) is 17.7 Å². The first-order valence-electron chi connectivity index (χ1n) is 8.93. The summed E-state index contributed by atoms with van der Waals surface area (Å²) < 4.78 is 10.7. The first-order valence-corrected chi connectivity index (χ1v) is 9.81. The molecule has 2 heterocycles. The van der Waals surface area contributed by atoms with Gasteiger partial charge in [0, 0.05) is 16.0 Å². The van der Waals surface area contributed by atoms with Crippen molar-refractivity contribution in [1.82, 2.24) is 5.32 Å². The molecule has 0 spiro atoms. The molecule has 1 unspecified atom stereocenters. The number of amides is 1. The lowest BCUT2D eigenvalue weighted by Crippen LogP contribution is -2.41. The maximum atomic E-state index is 12.5. The summed E-state index contributed by atoms with van der Waals surface area (Å²) in [6, 6.07) is 12.4. The van der Waals surface area contributed by atoms with Gasteiger partial charge < -0.3 is 19.6 Å². The Labute approximate surface area is 162 Å². The molecule has 0 bridgehead atoms. The summed E-state index contributed by atoms with van der Waals surface area (Å²) in [6.07, 6.45) is 5.07. The third-order valence-electron chi connectivity index (χ3n) is 4.32. The van der Waals surface area contributed by atoms with Crippen LogP contribution in [0.3, 0.4) is 0 Å². The average Bonchev–Trinajstić information content (AvgIpc) is 3.41. The second-order valence-corrected chi connectivity index (χ2v) is 7.21. The maximum absolute atomic E-state index is 12.5. The van der Waals surface area contributed by atoms with Crippen molar-refractivity contribution in [3.05, 3.63) is 76.4 Å². The van der Waals surface area contributed by atoms with Gasteiger partial charge in [-0.15, -0.1) is 11.3 Å². The Morgan fingerprint density at radius 2 is 2.07 bits per heavy atom. The van der Waals surface area contributed by atoms with E-state index in [9.17, 15) is 9.90 Å². The Balaban J connectivity index is 1.66. The van der Waals surface area contributed by atoms with Crippen LogP contribution in [0.5, 0.6) is 5.75 Å². The molecule has 0 radical (unpaired) electrons. The number of carbonyl (C=O) groups is 1. The lowest BCUT2D eigenvalue weighted by molar-refractivity contribution is 0.0714. The summed E-state index contributed by atoms with van der Waals surface area (Å²) in [7, 11) is 0. The van der Waals surface area contributed by atoms with Crippen molar-refractivity contribution in [2.24, 2.45) is 0 Å². The van der Waals surface area contributed by atoms with Crippen molar-refractivity contribution in [1.29, 1.82) is 0 Å². The number of unbranched alkanes of at least 4 members (excludes halogenated alkanes) is 1. The lowest BCUT2D eigenvalue weighted by Gasteiger charge is -2.26. The third-order valence-corrected chi connectivity index (χ3v) is 5.34. The molecule has 1 atom stereocenters. The first-order chi connectivity index (χ1) is 13.1. The summed E-state index contributed by atoms with van der Waals surface area (Å²) in [5.41, 5.74) is -0.219. The smallest absolute Gasteiger partial charge is 0.251 e. The van der Waals surface area contributed by atoms with E-state index < -0.39 is 5.60 Å². The van der Waals surface area contributed by atoms with Crippen molar-refractivity contribution in [3.8, 4) is 5.75 Å². The highest BCUT2D eigenvalue weighted by molar-refractivity contribution is 7.10. The molecule has 1 aromatic carbocycles. The Hall–Kier alpha value is -2.57. The van der Waals surface area contributed by atoms with Crippen LogP contribution in [-0.2, 0) is 5.60 Å². The average molecular weight is 385 g/mol. The molecular weight excluding hydrogens is 362 g/mol. The number of nitrogens with one attached hydrogen (secondary N) is 1. The maximum Gasteiger partial charge on any atom is 0.251 e. The molecule has 1 amide bonds. The highest BCUT2D eigenvalue weighted by Crippen LogP contribution is 2.32. The van der Waals surface area contributed by atoms with Crippen LogP contribution >= 0.6 is 11.3 Å². The van der Waals surface area contributed by atoms with Gasteiger partial charge in [-0.3, -0.25) is 4.79 Å². The molecule has 6 heteroatoms. The summed E-state index contributed by atoms with van der Waals surface area (Å²) in [6.45, 7) is 2.82. The van der Waals surface area contributed by atoms with Crippen molar-refractivity contribution >= 4 is 17.2 Å². The SMILES string of the molecule is CCCCOc1ccc(C(=O)NCC(O)(c2ccoc2)c2cccs2)cc1. The fourth-order valence-corrected chi connectivity index (χ4v) is 3.54. The Morgan fingerprint density at radius 3 is 2.70 bits per heavy atom. The van der Waals surface area contributed by atoms with Crippen LogP contribution in [0, 0.1) is 0 Å². The molecule has 5 nitrogen and oxygen atoms in total. The van der Waals surface area contributed by atoms with E-state index in [2.05, 4.69) is 12.2 Å². The first kappa shape index (κ1) is 19.2. The van der Waals surface area contributed by atoms with E-state index in [1.54, 1.807) is 30.3 Å². The molecule has 142 valence electrons. The summed E-state index contributed by atoms with van der Waals surface area (Å²) in [5.74, 6) is 0.488. The fraction of sp³-hybridized carbons (Fsp3) is 0.286. The van der Waals surface area contributed by atoms with Gasteiger partial charge in [0.2, 0.25) is 0 Å². The zero-order chi connectivity index (χ0) is 19.1. The van der Waals surface area contributed by atoms with E-state index in [1.807, 2.05) is 17.5 Å². The Morgan fingerprint density at radius 1 is 1.26 bits per heavy atom. The number of hydrogen-bond acceptors (Lipinski definition) is 5. The highest BCUT2D eigenvalue weighted by atomic mass is 32.1. The van der Waals surface area contributed by atoms with Crippen LogP contribution in [-0.4, -0.2) is 24.2 Å². The summed E-state index contributed by atoms with van der Waals surface area (Å²) in [4.78, 5) is 13.3. The predicted octanol–water partition coefficient (Wildman–Crippen LogP) is 4.19. The number of furan rings is 1. The van der Waals surface area contributed by atoms with Crippen LogP contribution in [0.4, 0.5) is 0 Å². The Bertz CT molecular complexity index is 791. The molecule has 0 aliphatic rings. The zero-order valence-corrected chi connectivity index (χ0v) is 16.0. The van der Waals surface area contributed by atoms with E-state index >= 15 is 0 Å². The Kier molecular flexibility index (Phi) is 6.32. The van der Waals surface area contributed by atoms with Gasteiger partial charge in [-0.2, -0.15) is 0 Å². The molecule has 2 N–H and O–H groups in total. The van der Waals surface area contributed by atoms with E-state index in [4.69, 9.17) is 9.15 Å². The normalized spacial score (nSPS) is 13.1. The molecule has 3 rings (SSSR count). The van der Waals surface area contributed by atoms with Crippen LogP contribution in [0.25, 0.3) is 0 Å². The second kappa shape index (κ2) is 8.88. The van der Waals surface area contributed by atoms with Crippen LogP contribution in [0.1, 0.15) is 40.6 Å². The third kappa shape index (κ3) is 4.59. The molecular formula is C21H23NO4S. The van der Waals surface area contributed by atoms with Gasteiger partial charge in [0.15, 0.2) is 0 Å². The summed E-state index contributed by atoms with van der Waals surface area (Å²) in [5, 5.41) is 15.9. The largest absolute Gasteiger partial charge is 0.494 e. The van der Waals surface area contributed by atoms with E-state index in [1.165, 1.54) is 23.9 Å². The topological polar surface area (TPSA) is 71.7 Å². The minimum Gasteiger partial charge on any atom is -0.494 e. The van der Waals surface area contributed by atoms with Gasteiger partial charge in [0.25, 0.3) is 5.91 Å². The van der Waals surface area contributed by atoms with Crippen LogP contribution in [0.2, 0.25) is 0 Å². The highest BCUT2D eigenvalue weighted by Gasteiger charge is 2.34. The van der Waals surface area contributed by atoms with Gasteiger partial charge in [-0.05, 0) is 48.2 Å². The number of carbonyl (C=O) groups excluding carboxylic acids is 1. The number of rotatable bonds is 9.